The number of hydrogen-bond donors (Lipinski definition) is 1. The molecule has 3 heteroatoms. The first-order valence-corrected chi connectivity index (χ1v) is 7.31. The Labute approximate surface area is 115 Å². The Balaban J connectivity index is 2.05. The molecule has 106 valence electrons. The van der Waals surface area contributed by atoms with Gasteiger partial charge in [0.2, 0.25) is 0 Å². The fourth-order valence-corrected chi connectivity index (χ4v) is 2.82. The zero-order chi connectivity index (χ0) is 13.7. The number of rotatable bonds is 6. The average Bonchev–Trinajstić information content (AvgIpc) is 2.81. The van der Waals surface area contributed by atoms with E-state index in [1.807, 2.05) is 12.1 Å². The maximum absolute atomic E-state index is 13.9. The molecule has 2 nitrogen and oxygen atoms in total. The van der Waals surface area contributed by atoms with Crippen molar-refractivity contribution >= 4 is 0 Å². The molecule has 0 bridgehead atoms. The largest absolute Gasteiger partial charge is 0.375 e. The summed E-state index contributed by atoms with van der Waals surface area (Å²) in [4.78, 5) is 0. The van der Waals surface area contributed by atoms with Gasteiger partial charge in [-0.05, 0) is 44.4 Å². The van der Waals surface area contributed by atoms with Crippen LogP contribution in [0.2, 0.25) is 0 Å². The van der Waals surface area contributed by atoms with Crippen molar-refractivity contribution in [2.45, 2.75) is 51.2 Å². The Morgan fingerprint density at radius 3 is 2.79 bits per heavy atom. The Kier molecular flexibility index (Phi) is 5.34. The molecule has 1 heterocycles. The molecule has 1 fully saturated rings. The van der Waals surface area contributed by atoms with Crippen LogP contribution in [0.5, 0.6) is 0 Å². The highest BCUT2D eigenvalue weighted by atomic mass is 19.1. The van der Waals surface area contributed by atoms with Crippen molar-refractivity contribution in [3.63, 3.8) is 0 Å². The number of benzene rings is 1. The lowest BCUT2D eigenvalue weighted by Gasteiger charge is -2.22. The van der Waals surface area contributed by atoms with Crippen molar-refractivity contribution < 1.29 is 9.13 Å². The third kappa shape index (κ3) is 4.02. The highest BCUT2D eigenvalue weighted by molar-refractivity contribution is 5.22. The lowest BCUT2D eigenvalue weighted by atomic mass is 9.91. The zero-order valence-corrected chi connectivity index (χ0v) is 11.9. The van der Waals surface area contributed by atoms with Crippen LogP contribution < -0.4 is 5.32 Å². The van der Waals surface area contributed by atoms with Crippen LogP contribution in [0.15, 0.2) is 24.3 Å². The Morgan fingerprint density at radius 1 is 1.37 bits per heavy atom. The van der Waals surface area contributed by atoms with Crippen molar-refractivity contribution in [3.05, 3.63) is 35.6 Å². The van der Waals surface area contributed by atoms with E-state index in [1.165, 1.54) is 0 Å². The second-order valence-corrected chi connectivity index (χ2v) is 5.41. The van der Waals surface area contributed by atoms with Gasteiger partial charge in [0.25, 0.3) is 0 Å². The summed E-state index contributed by atoms with van der Waals surface area (Å²) in [6, 6.07) is 7.11. The summed E-state index contributed by atoms with van der Waals surface area (Å²) in [5, 5.41) is 3.34. The fourth-order valence-electron chi connectivity index (χ4n) is 2.82. The van der Waals surface area contributed by atoms with Crippen molar-refractivity contribution in [2.24, 2.45) is 0 Å². The molecular weight excluding hydrogens is 241 g/mol. The average molecular weight is 265 g/mol. The highest BCUT2D eigenvalue weighted by Gasteiger charge is 2.26. The maximum atomic E-state index is 13.9. The summed E-state index contributed by atoms with van der Waals surface area (Å²) in [6.07, 6.45) is 3.75. The first kappa shape index (κ1) is 14.5. The van der Waals surface area contributed by atoms with E-state index in [9.17, 15) is 4.39 Å². The van der Waals surface area contributed by atoms with Gasteiger partial charge in [0.05, 0.1) is 12.2 Å². The molecule has 1 aliphatic heterocycles. The SMILES string of the molecule is CCNCC(CC1CCC(C)O1)c1ccccc1F. The lowest BCUT2D eigenvalue weighted by Crippen LogP contribution is -2.25. The van der Waals surface area contributed by atoms with Gasteiger partial charge in [-0.3, -0.25) is 0 Å². The minimum Gasteiger partial charge on any atom is -0.375 e. The third-order valence-electron chi connectivity index (χ3n) is 3.85. The van der Waals surface area contributed by atoms with Gasteiger partial charge in [0.1, 0.15) is 5.82 Å². The normalized spacial score (nSPS) is 24.6. The lowest BCUT2D eigenvalue weighted by molar-refractivity contribution is 0.0464. The predicted molar refractivity (Wildman–Crippen MR) is 75.9 cm³/mol. The van der Waals surface area contributed by atoms with Gasteiger partial charge in [0.15, 0.2) is 0 Å². The summed E-state index contributed by atoms with van der Waals surface area (Å²) in [5.74, 6) is 0.0906. The molecule has 1 N–H and O–H groups in total. The van der Waals surface area contributed by atoms with Crippen molar-refractivity contribution in [1.82, 2.24) is 5.32 Å². The summed E-state index contributed by atoms with van der Waals surface area (Å²) >= 11 is 0. The number of nitrogens with one attached hydrogen (secondary N) is 1. The summed E-state index contributed by atoms with van der Waals surface area (Å²) in [7, 11) is 0. The molecule has 0 aliphatic carbocycles. The maximum Gasteiger partial charge on any atom is 0.126 e. The van der Waals surface area contributed by atoms with Gasteiger partial charge in [-0.15, -0.1) is 0 Å². The van der Waals surface area contributed by atoms with Gasteiger partial charge in [-0.2, -0.15) is 0 Å². The second kappa shape index (κ2) is 7.01. The molecule has 0 saturated carbocycles. The summed E-state index contributed by atoms with van der Waals surface area (Å²) in [6.45, 7) is 5.91. The monoisotopic (exact) mass is 265 g/mol. The van der Waals surface area contributed by atoms with E-state index in [-0.39, 0.29) is 17.8 Å². The minimum atomic E-state index is -0.101. The first-order chi connectivity index (χ1) is 9.20. The van der Waals surface area contributed by atoms with Crippen LogP contribution in [-0.2, 0) is 4.74 Å². The smallest absolute Gasteiger partial charge is 0.126 e. The van der Waals surface area contributed by atoms with Crippen LogP contribution in [0.4, 0.5) is 4.39 Å². The van der Waals surface area contributed by atoms with Crippen LogP contribution in [-0.4, -0.2) is 25.3 Å². The van der Waals surface area contributed by atoms with Gasteiger partial charge < -0.3 is 10.1 Å². The molecular formula is C16H24FNO. The summed E-state index contributed by atoms with van der Waals surface area (Å²) in [5.41, 5.74) is 0.812. The molecule has 1 saturated heterocycles. The number of likely N-dealkylation sites (N-methyl/N-ethyl adjacent to an activating group) is 1. The van der Waals surface area contributed by atoms with Crippen LogP contribution >= 0.6 is 0 Å². The third-order valence-corrected chi connectivity index (χ3v) is 3.85. The summed E-state index contributed by atoms with van der Waals surface area (Å²) < 4.78 is 19.8. The zero-order valence-electron chi connectivity index (χ0n) is 11.9. The second-order valence-electron chi connectivity index (χ2n) is 5.41. The van der Waals surface area contributed by atoms with Crippen LogP contribution in [0, 0.1) is 5.82 Å². The first-order valence-electron chi connectivity index (χ1n) is 7.31. The topological polar surface area (TPSA) is 21.3 Å². The highest BCUT2D eigenvalue weighted by Crippen LogP contribution is 2.30. The van der Waals surface area contributed by atoms with Crippen molar-refractivity contribution in [1.29, 1.82) is 0 Å². The Hall–Kier alpha value is -0.930. The molecule has 3 atom stereocenters. The molecule has 1 aromatic carbocycles. The number of ether oxygens (including phenoxy) is 1. The molecule has 0 amide bonds. The molecule has 0 radical (unpaired) electrons. The van der Waals surface area contributed by atoms with E-state index < -0.39 is 0 Å². The molecule has 0 spiro atoms. The molecule has 0 aromatic heterocycles. The van der Waals surface area contributed by atoms with Gasteiger partial charge in [-0.1, -0.05) is 25.1 Å². The Bertz CT molecular complexity index is 396. The number of hydrogen-bond acceptors (Lipinski definition) is 2. The van der Waals surface area contributed by atoms with E-state index in [1.54, 1.807) is 12.1 Å². The van der Waals surface area contributed by atoms with E-state index in [0.717, 1.165) is 37.9 Å². The van der Waals surface area contributed by atoms with E-state index in [0.29, 0.717) is 6.10 Å². The van der Waals surface area contributed by atoms with Gasteiger partial charge in [0, 0.05) is 12.5 Å². The Morgan fingerprint density at radius 2 is 2.16 bits per heavy atom. The quantitative estimate of drug-likeness (QED) is 0.850. The van der Waals surface area contributed by atoms with Crippen LogP contribution in [0.25, 0.3) is 0 Å². The molecule has 1 aliphatic rings. The molecule has 19 heavy (non-hydrogen) atoms. The molecule has 2 rings (SSSR count). The minimum absolute atomic E-state index is 0.101. The van der Waals surface area contributed by atoms with E-state index in [4.69, 9.17) is 4.74 Å². The van der Waals surface area contributed by atoms with Crippen LogP contribution in [0.3, 0.4) is 0 Å². The van der Waals surface area contributed by atoms with Gasteiger partial charge >= 0.3 is 0 Å². The van der Waals surface area contributed by atoms with Crippen molar-refractivity contribution in [2.75, 3.05) is 13.1 Å². The molecule has 1 aromatic rings. The molecule has 3 unspecified atom stereocenters. The number of halogens is 1. The standard InChI is InChI=1S/C16H24FNO/c1-3-18-11-13(10-14-9-8-12(2)19-14)15-6-4-5-7-16(15)17/h4-7,12-14,18H,3,8-11H2,1-2H3. The van der Waals surface area contributed by atoms with Crippen LogP contribution in [0.1, 0.15) is 44.6 Å². The van der Waals surface area contributed by atoms with Crippen molar-refractivity contribution in [3.8, 4) is 0 Å². The van der Waals surface area contributed by atoms with Gasteiger partial charge in [-0.25, -0.2) is 4.39 Å². The van der Waals surface area contributed by atoms with E-state index in [2.05, 4.69) is 19.2 Å². The van der Waals surface area contributed by atoms with E-state index >= 15 is 0 Å². The fraction of sp³-hybridized carbons (Fsp3) is 0.625. The predicted octanol–water partition coefficient (Wildman–Crippen LogP) is 3.48.